The smallest absolute Gasteiger partial charge is 0.146 e. The lowest BCUT2D eigenvalue weighted by atomic mass is 10.1. The Balaban J connectivity index is 2.22. The average molecular weight is 378 g/mol. The van der Waals surface area contributed by atoms with E-state index in [-0.39, 0.29) is 0 Å². The predicted molar refractivity (Wildman–Crippen MR) is 117 cm³/mol. The van der Waals surface area contributed by atoms with Crippen molar-refractivity contribution in [3.05, 3.63) is 24.0 Å². The number of unbranched alkanes of at least 4 members (excludes halogenated alkanes) is 10. The summed E-state index contributed by atoms with van der Waals surface area (Å²) in [5, 5.41) is 0. The summed E-state index contributed by atoms with van der Waals surface area (Å²) in [6, 6.07) is 4.05. The topological polar surface area (TPSA) is 22.1 Å². The molecule has 0 N–H and O–H groups in total. The van der Waals surface area contributed by atoms with Crippen LogP contribution in [0.25, 0.3) is 0 Å². The van der Waals surface area contributed by atoms with Gasteiger partial charge in [-0.1, -0.05) is 71.6 Å². The van der Waals surface area contributed by atoms with Gasteiger partial charge in [-0.05, 0) is 31.4 Å². The van der Waals surface area contributed by atoms with Crippen molar-refractivity contribution in [2.75, 3.05) is 27.2 Å². The Hall–Kier alpha value is -1.09. The molecule has 0 aliphatic carbocycles. The molecule has 0 aromatic carbocycles. The third-order valence-corrected chi connectivity index (χ3v) is 5.30. The Labute approximate surface area is 169 Å². The molecule has 27 heavy (non-hydrogen) atoms. The SMILES string of the molecule is CCCCCCCCCCCC[N+](C)(C)Cc1ncccc1OCCCC. The van der Waals surface area contributed by atoms with Crippen LogP contribution in [0.3, 0.4) is 0 Å². The van der Waals surface area contributed by atoms with Crippen LogP contribution in [0.4, 0.5) is 0 Å². The summed E-state index contributed by atoms with van der Waals surface area (Å²) in [5.41, 5.74) is 1.10. The summed E-state index contributed by atoms with van der Waals surface area (Å²) in [4.78, 5) is 4.60. The summed E-state index contributed by atoms with van der Waals surface area (Å²) in [6.45, 7) is 7.43. The van der Waals surface area contributed by atoms with Gasteiger partial charge >= 0.3 is 0 Å². The van der Waals surface area contributed by atoms with Crippen LogP contribution in [0.1, 0.15) is 96.6 Å². The molecule has 3 heteroatoms. The third-order valence-electron chi connectivity index (χ3n) is 5.30. The lowest BCUT2D eigenvalue weighted by Gasteiger charge is -2.30. The molecule has 0 radical (unpaired) electrons. The number of aromatic nitrogens is 1. The van der Waals surface area contributed by atoms with Gasteiger partial charge in [-0.25, -0.2) is 0 Å². The minimum Gasteiger partial charge on any atom is -0.491 e. The molecule has 0 unspecified atom stereocenters. The maximum Gasteiger partial charge on any atom is 0.146 e. The van der Waals surface area contributed by atoms with E-state index in [2.05, 4.69) is 39.0 Å². The molecule has 0 spiro atoms. The van der Waals surface area contributed by atoms with Gasteiger partial charge in [-0.15, -0.1) is 0 Å². The number of nitrogens with zero attached hydrogens (tertiary/aromatic N) is 2. The van der Waals surface area contributed by atoms with E-state index in [1.54, 1.807) is 0 Å². The quantitative estimate of drug-likeness (QED) is 0.221. The Morgan fingerprint density at radius 1 is 0.815 bits per heavy atom. The van der Waals surface area contributed by atoms with E-state index in [1.165, 1.54) is 70.8 Å². The van der Waals surface area contributed by atoms with Crippen molar-refractivity contribution in [3.8, 4) is 5.75 Å². The van der Waals surface area contributed by atoms with Gasteiger partial charge in [0.05, 0.1) is 27.2 Å². The minimum absolute atomic E-state index is 0.793. The molecule has 1 heterocycles. The van der Waals surface area contributed by atoms with E-state index >= 15 is 0 Å². The molecule has 0 amide bonds. The van der Waals surface area contributed by atoms with Crippen molar-refractivity contribution in [1.82, 2.24) is 4.98 Å². The standard InChI is InChI=1S/C24H45N2O/c1-5-7-9-10-11-12-13-14-15-16-20-26(3,4)22-23-24(18-17-19-25-23)27-21-8-6-2/h17-19H,5-16,20-22H2,1-4H3/q+1. The van der Waals surface area contributed by atoms with E-state index in [9.17, 15) is 0 Å². The molecule has 0 atom stereocenters. The van der Waals surface area contributed by atoms with Gasteiger partial charge in [0.1, 0.15) is 18.0 Å². The Morgan fingerprint density at radius 3 is 2.04 bits per heavy atom. The first-order chi connectivity index (χ1) is 13.1. The fourth-order valence-corrected chi connectivity index (χ4v) is 3.51. The number of hydrogen-bond donors (Lipinski definition) is 0. The highest BCUT2D eigenvalue weighted by atomic mass is 16.5. The molecule has 156 valence electrons. The van der Waals surface area contributed by atoms with E-state index in [4.69, 9.17) is 4.74 Å². The monoisotopic (exact) mass is 377 g/mol. The van der Waals surface area contributed by atoms with E-state index in [1.807, 2.05) is 12.3 Å². The van der Waals surface area contributed by atoms with Gasteiger partial charge in [0.15, 0.2) is 0 Å². The summed E-state index contributed by atoms with van der Waals surface area (Å²) in [7, 11) is 4.64. The third kappa shape index (κ3) is 12.1. The van der Waals surface area contributed by atoms with E-state index in [0.29, 0.717) is 0 Å². The first kappa shape index (κ1) is 23.9. The number of hydrogen-bond acceptors (Lipinski definition) is 2. The summed E-state index contributed by atoms with van der Waals surface area (Å²) in [6.07, 6.45) is 18.1. The van der Waals surface area contributed by atoms with Crippen LogP contribution in [0.15, 0.2) is 18.3 Å². The van der Waals surface area contributed by atoms with E-state index in [0.717, 1.165) is 41.9 Å². The summed E-state index contributed by atoms with van der Waals surface area (Å²) in [5.74, 6) is 0.972. The van der Waals surface area contributed by atoms with Gasteiger partial charge in [-0.3, -0.25) is 4.98 Å². The molecule has 0 saturated heterocycles. The van der Waals surface area contributed by atoms with Crippen LogP contribution in [0.2, 0.25) is 0 Å². The van der Waals surface area contributed by atoms with Crippen molar-refractivity contribution in [2.24, 2.45) is 0 Å². The molecule has 0 aliphatic rings. The fraction of sp³-hybridized carbons (Fsp3) is 0.792. The van der Waals surface area contributed by atoms with Crippen molar-refractivity contribution in [2.45, 2.75) is 97.4 Å². The van der Waals surface area contributed by atoms with Crippen LogP contribution < -0.4 is 4.74 Å². The molecule has 0 aliphatic heterocycles. The van der Waals surface area contributed by atoms with Crippen LogP contribution in [-0.4, -0.2) is 36.7 Å². The number of ether oxygens (including phenoxy) is 1. The zero-order valence-corrected chi connectivity index (χ0v) is 18.6. The molecule has 0 fully saturated rings. The Kier molecular flexibility index (Phi) is 13.2. The average Bonchev–Trinajstić information content (AvgIpc) is 2.64. The lowest BCUT2D eigenvalue weighted by Crippen LogP contribution is -2.40. The highest BCUT2D eigenvalue weighted by Crippen LogP contribution is 2.20. The zero-order chi connectivity index (χ0) is 19.8. The summed E-state index contributed by atoms with van der Waals surface area (Å²) < 4.78 is 6.94. The maximum absolute atomic E-state index is 5.96. The molecular weight excluding hydrogens is 332 g/mol. The number of pyridine rings is 1. The van der Waals surface area contributed by atoms with Gasteiger partial charge < -0.3 is 9.22 Å². The predicted octanol–water partition coefficient (Wildman–Crippen LogP) is 6.76. The Bertz CT molecular complexity index is 473. The Morgan fingerprint density at radius 2 is 1.41 bits per heavy atom. The molecule has 1 aromatic heterocycles. The summed E-state index contributed by atoms with van der Waals surface area (Å²) >= 11 is 0. The van der Waals surface area contributed by atoms with Crippen molar-refractivity contribution in [1.29, 1.82) is 0 Å². The van der Waals surface area contributed by atoms with Gasteiger partial charge in [-0.2, -0.15) is 0 Å². The first-order valence-corrected chi connectivity index (χ1v) is 11.5. The fourth-order valence-electron chi connectivity index (χ4n) is 3.51. The van der Waals surface area contributed by atoms with E-state index < -0.39 is 0 Å². The second kappa shape index (κ2) is 14.9. The maximum atomic E-state index is 5.96. The van der Waals surface area contributed by atoms with Gasteiger partial charge in [0.25, 0.3) is 0 Å². The normalized spacial score (nSPS) is 11.7. The van der Waals surface area contributed by atoms with Crippen molar-refractivity contribution in [3.63, 3.8) is 0 Å². The second-order valence-corrected chi connectivity index (χ2v) is 8.65. The second-order valence-electron chi connectivity index (χ2n) is 8.65. The molecule has 3 nitrogen and oxygen atoms in total. The molecule has 0 saturated carbocycles. The van der Waals surface area contributed by atoms with Crippen molar-refractivity contribution < 1.29 is 9.22 Å². The largest absolute Gasteiger partial charge is 0.491 e. The van der Waals surface area contributed by atoms with Crippen LogP contribution in [0.5, 0.6) is 5.75 Å². The first-order valence-electron chi connectivity index (χ1n) is 11.5. The van der Waals surface area contributed by atoms with Gasteiger partial charge in [0, 0.05) is 6.20 Å². The lowest BCUT2D eigenvalue weighted by molar-refractivity contribution is -0.904. The van der Waals surface area contributed by atoms with Crippen LogP contribution in [0, 0.1) is 0 Å². The molecule has 0 bridgehead atoms. The van der Waals surface area contributed by atoms with Crippen LogP contribution >= 0.6 is 0 Å². The van der Waals surface area contributed by atoms with Crippen LogP contribution in [-0.2, 0) is 6.54 Å². The zero-order valence-electron chi connectivity index (χ0n) is 18.6. The van der Waals surface area contributed by atoms with Crippen molar-refractivity contribution >= 4 is 0 Å². The molecular formula is C24H45N2O+. The molecule has 1 rings (SSSR count). The van der Waals surface area contributed by atoms with Gasteiger partial charge in [0.2, 0.25) is 0 Å². The highest BCUT2D eigenvalue weighted by Gasteiger charge is 2.19. The minimum atomic E-state index is 0.793. The molecule has 1 aromatic rings. The number of quaternary nitrogens is 1. The highest BCUT2D eigenvalue weighted by molar-refractivity contribution is 5.26. The number of rotatable bonds is 17.